The molecule has 0 fully saturated rings. The topological polar surface area (TPSA) is 83.6 Å². The van der Waals surface area contributed by atoms with Crippen molar-refractivity contribution < 1.29 is 4.79 Å². The van der Waals surface area contributed by atoms with Crippen molar-refractivity contribution in [2.24, 2.45) is 0 Å². The highest BCUT2D eigenvalue weighted by Gasteiger charge is 2.17. The van der Waals surface area contributed by atoms with Crippen LogP contribution < -0.4 is 5.32 Å². The minimum Gasteiger partial charge on any atom is -0.350 e. The van der Waals surface area contributed by atoms with E-state index >= 15 is 0 Å². The van der Waals surface area contributed by atoms with E-state index in [9.17, 15) is 4.79 Å². The van der Waals surface area contributed by atoms with Crippen molar-refractivity contribution in [1.82, 2.24) is 25.5 Å². The first-order valence-corrected chi connectivity index (χ1v) is 7.81. The lowest BCUT2D eigenvalue weighted by Crippen LogP contribution is -2.23. The van der Waals surface area contributed by atoms with Gasteiger partial charge in [0.25, 0.3) is 0 Å². The molecule has 0 spiro atoms. The molecule has 2 N–H and O–H groups in total. The van der Waals surface area contributed by atoms with Crippen LogP contribution in [0, 0.1) is 6.92 Å². The molecule has 1 aliphatic carbocycles. The normalized spacial score (nSPS) is 13.7. The predicted molar refractivity (Wildman–Crippen MR) is 82.2 cm³/mol. The fourth-order valence-corrected chi connectivity index (χ4v) is 2.78. The molecule has 1 aliphatic rings. The van der Waals surface area contributed by atoms with Crippen molar-refractivity contribution in [3.63, 3.8) is 0 Å². The lowest BCUT2D eigenvalue weighted by atomic mass is 9.95. The van der Waals surface area contributed by atoms with Crippen molar-refractivity contribution in [2.45, 2.75) is 52.0 Å². The minimum absolute atomic E-state index is 0.0231. The summed E-state index contributed by atoms with van der Waals surface area (Å²) in [6.07, 6.45) is 9.16. The zero-order valence-corrected chi connectivity index (χ0v) is 12.9. The average molecular weight is 299 g/mol. The molecule has 0 radical (unpaired) electrons. The average Bonchev–Trinajstić information content (AvgIpc) is 2.96. The lowest BCUT2D eigenvalue weighted by molar-refractivity contribution is -0.121. The molecule has 0 unspecified atom stereocenters. The third-order valence-corrected chi connectivity index (χ3v) is 4.03. The molecule has 1 amide bonds. The summed E-state index contributed by atoms with van der Waals surface area (Å²) in [5.41, 5.74) is 5.30. The van der Waals surface area contributed by atoms with Crippen molar-refractivity contribution in [2.75, 3.05) is 0 Å². The number of rotatable bonds is 5. The van der Waals surface area contributed by atoms with Crippen molar-refractivity contribution in [1.29, 1.82) is 0 Å². The SMILES string of the molecule is Cc1cnc(CNC(=O)CCc2n[nH]c3c2CCCC3)cn1. The maximum Gasteiger partial charge on any atom is 0.220 e. The van der Waals surface area contributed by atoms with Crippen LogP contribution in [0.25, 0.3) is 0 Å². The number of nitrogens with one attached hydrogen (secondary N) is 2. The maximum atomic E-state index is 11.9. The van der Waals surface area contributed by atoms with Crippen LogP contribution in [0.1, 0.15) is 47.6 Å². The van der Waals surface area contributed by atoms with E-state index in [1.807, 2.05) is 6.92 Å². The molecule has 0 saturated heterocycles. The summed E-state index contributed by atoms with van der Waals surface area (Å²) >= 11 is 0. The van der Waals surface area contributed by atoms with Crippen LogP contribution >= 0.6 is 0 Å². The zero-order chi connectivity index (χ0) is 15.4. The molecule has 0 aliphatic heterocycles. The van der Waals surface area contributed by atoms with Gasteiger partial charge in [-0.15, -0.1) is 0 Å². The van der Waals surface area contributed by atoms with Gasteiger partial charge in [-0.3, -0.25) is 19.9 Å². The fraction of sp³-hybridized carbons (Fsp3) is 0.500. The summed E-state index contributed by atoms with van der Waals surface area (Å²) in [7, 11) is 0. The first-order chi connectivity index (χ1) is 10.7. The van der Waals surface area contributed by atoms with E-state index in [0.29, 0.717) is 19.4 Å². The van der Waals surface area contributed by atoms with Gasteiger partial charge in [0.1, 0.15) is 0 Å². The highest BCUT2D eigenvalue weighted by molar-refractivity contribution is 5.76. The second-order valence-electron chi connectivity index (χ2n) is 5.76. The molecule has 6 nitrogen and oxygen atoms in total. The molecule has 2 heterocycles. The van der Waals surface area contributed by atoms with Gasteiger partial charge in [-0.2, -0.15) is 5.10 Å². The molecular weight excluding hydrogens is 278 g/mol. The van der Waals surface area contributed by atoms with E-state index in [1.54, 1.807) is 12.4 Å². The number of carbonyl (C=O) groups is 1. The third kappa shape index (κ3) is 3.50. The van der Waals surface area contributed by atoms with Gasteiger partial charge in [0.05, 0.1) is 29.8 Å². The van der Waals surface area contributed by atoms with E-state index in [2.05, 4.69) is 25.5 Å². The van der Waals surface area contributed by atoms with Crippen molar-refractivity contribution in [3.8, 4) is 0 Å². The van der Waals surface area contributed by atoms with Crippen LogP contribution in [-0.4, -0.2) is 26.1 Å². The Balaban J connectivity index is 1.48. The van der Waals surface area contributed by atoms with Gasteiger partial charge in [-0.1, -0.05) is 0 Å². The molecule has 6 heteroatoms. The minimum atomic E-state index is 0.0231. The Kier molecular flexibility index (Phi) is 4.46. The summed E-state index contributed by atoms with van der Waals surface area (Å²) in [4.78, 5) is 20.3. The van der Waals surface area contributed by atoms with E-state index in [1.165, 1.54) is 24.1 Å². The van der Waals surface area contributed by atoms with Crippen molar-refractivity contribution in [3.05, 3.63) is 40.7 Å². The quantitative estimate of drug-likeness (QED) is 0.879. The van der Waals surface area contributed by atoms with Crippen LogP contribution in [0.3, 0.4) is 0 Å². The summed E-state index contributed by atoms with van der Waals surface area (Å²) < 4.78 is 0. The number of H-pyrrole nitrogens is 1. The van der Waals surface area contributed by atoms with E-state index in [4.69, 9.17) is 0 Å². The van der Waals surface area contributed by atoms with Gasteiger partial charge in [0, 0.05) is 24.7 Å². The highest BCUT2D eigenvalue weighted by Crippen LogP contribution is 2.22. The summed E-state index contributed by atoms with van der Waals surface area (Å²) in [5.74, 6) is 0.0231. The molecule has 0 bridgehead atoms. The van der Waals surface area contributed by atoms with Crippen LogP contribution in [0.4, 0.5) is 0 Å². The number of carbonyl (C=O) groups excluding carboxylic acids is 1. The first kappa shape index (κ1) is 14.7. The summed E-state index contributed by atoms with van der Waals surface area (Å²) in [6, 6.07) is 0. The molecule has 3 rings (SSSR count). The number of aromatic nitrogens is 4. The zero-order valence-electron chi connectivity index (χ0n) is 12.9. The molecule has 22 heavy (non-hydrogen) atoms. The second kappa shape index (κ2) is 6.68. The summed E-state index contributed by atoms with van der Waals surface area (Å²) in [6.45, 7) is 2.31. The number of aromatic amines is 1. The molecule has 0 aromatic carbocycles. The molecular formula is C16H21N5O. The van der Waals surface area contributed by atoms with Crippen LogP contribution in [0.15, 0.2) is 12.4 Å². The van der Waals surface area contributed by atoms with Crippen LogP contribution in [0.2, 0.25) is 0 Å². The van der Waals surface area contributed by atoms with Crippen LogP contribution in [0.5, 0.6) is 0 Å². The predicted octanol–water partition coefficient (Wildman–Crippen LogP) is 1.64. The van der Waals surface area contributed by atoms with Crippen LogP contribution in [-0.2, 0) is 30.6 Å². The van der Waals surface area contributed by atoms with Gasteiger partial charge in [0.2, 0.25) is 5.91 Å². The van der Waals surface area contributed by atoms with Gasteiger partial charge < -0.3 is 5.32 Å². The van der Waals surface area contributed by atoms with E-state index < -0.39 is 0 Å². The summed E-state index contributed by atoms with van der Waals surface area (Å²) in [5, 5.41) is 10.4. The highest BCUT2D eigenvalue weighted by atomic mass is 16.1. The monoisotopic (exact) mass is 299 g/mol. The lowest BCUT2D eigenvalue weighted by Gasteiger charge is -2.11. The molecule has 2 aromatic rings. The largest absolute Gasteiger partial charge is 0.350 e. The number of fused-ring (bicyclic) bond motifs is 1. The second-order valence-corrected chi connectivity index (χ2v) is 5.76. The van der Waals surface area contributed by atoms with Gasteiger partial charge in [-0.05, 0) is 38.2 Å². The Morgan fingerprint density at radius 3 is 2.95 bits per heavy atom. The number of aryl methyl sites for hydroxylation is 3. The molecule has 0 atom stereocenters. The molecule has 116 valence electrons. The van der Waals surface area contributed by atoms with E-state index in [-0.39, 0.29) is 5.91 Å². The Morgan fingerprint density at radius 1 is 1.27 bits per heavy atom. The molecule has 2 aromatic heterocycles. The van der Waals surface area contributed by atoms with Gasteiger partial charge in [-0.25, -0.2) is 0 Å². The van der Waals surface area contributed by atoms with Crippen molar-refractivity contribution >= 4 is 5.91 Å². The standard InChI is InChI=1S/C16H21N5O/c1-11-8-18-12(9-17-11)10-19-16(22)7-6-15-13-4-2-3-5-14(13)20-21-15/h8-9H,2-7,10H2,1H3,(H,19,22)(H,20,21). The first-order valence-electron chi connectivity index (χ1n) is 7.81. The molecule has 0 saturated carbocycles. The maximum absolute atomic E-state index is 11.9. The number of hydrogen-bond donors (Lipinski definition) is 2. The Morgan fingerprint density at radius 2 is 2.14 bits per heavy atom. The Bertz CT molecular complexity index is 647. The third-order valence-electron chi connectivity index (χ3n) is 4.03. The van der Waals surface area contributed by atoms with E-state index in [0.717, 1.165) is 29.9 Å². The number of hydrogen-bond acceptors (Lipinski definition) is 4. The smallest absolute Gasteiger partial charge is 0.220 e. The number of nitrogens with zero attached hydrogens (tertiary/aromatic N) is 3. The Hall–Kier alpha value is -2.24. The van der Waals surface area contributed by atoms with Gasteiger partial charge >= 0.3 is 0 Å². The Labute approximate surface area is 129 Å². The number of amides is 1. The van der Waals surface area contributed by atoms with Gasteiger partial charge in [0.15, 0.2) is 0 Å². The fourth-order valence-electron chi connectivity index (χ4n) is 2.78.